The number of halogens is 2. The number of aliphatic hydroxyl groups excluding tert-OH is 1. The van der Waals surface area contributed by atoms with Gasteiger partial charge in [-0.15, -0.1) is 0 Å². The molecule has 1 amide bonds. The predicted octanol–water partition coefficient (Wildman–Crippen LogP) is 4.78. The van der Waals surface area contributed by atoms with Gasteiger partial charge in [0, 0.05) is 50.1 Å². The summed E-state index contributed by atoms with van der Waals surface area (Å²) >= 11 is 8.12. The Balaban J connectivity index is 1.29. The monoisotopic (exact) mass is 583 g/mol. The van der Waals surface area contributed by atoms with Crippen molar-refractivity contribution in [2.24, 2.45) is 0 Å². The molecule has 9 nitrogen and oxygen atoms in total. The van der Waals surface area contributed by atoms with E-state index in [2.05, 4.69) is 15.3 Å². The zero-order valence-corrected chi connectivity index (χ0v) is 23.3. The lowest BCUT2D eigenvalue weighted by molar-refractivity contribution is 0.0386. The molecule has 2 N–H and O–H groups in total. The van der Waals surface area contributed by atoms with Gasteiger partial charge in [-0.2, -0.15) is 0 Å². The SMILES string of the molecule is COC[C@H]1Cn2cc(-c3cc(Nc4nc5c(s4)COCC5)ncc3Cl)cc2C(=O)N1Cc1cc(F)ccc1CO. The number of fused-ring (bicyclic) bond motifs is 2. The molecule has 40 heavy (non-hydrogen) atoms. The van der Waals surface area contributed by atoms with Crippen molar-refractivity contribution >= 4 is 39.8 Å². The van der Waals surface area contributed by atoms with Gasteiger partial charge < -0.3 is 29.4 Å². The minimum absolute atomic E-state index is 0.147. The lowest BCUT2D eigenvalue weighted by atomic mass is 10.0. The van der Waals surface area contributed by atoms with Crippen molar-refractivity contribution in [3.8, 4) is 11.1 Å². The molecule has 2 aliphatic heterocycles. The minimum atomic E-state index is -0.423. The highest BCUT2D eigenvalue weighted by atomic mass is 35.5. The standard InChI is InChI=1S/C28H27ClFN5O4S/c1-38-14-20-12-34-10-18(7-24(34)27(37)35(20)11-17-6-19(30)3-2-16(17)13-36)21-8-26(31-9-22(21)29)33-28-32-23-4-5-39-15-25(23)40-28/h2-3,6-10,20,36H,4-5,11-15H2,1H3,(H,31,32,33)/t20-/m1/s1. The number of nitrogens with zero attached hydrogens (tertiary/aromatic N) is 4. The first-order valence-corrected chi connectivity index (χ1v) is 14.0. The summed E-state index contributed by atoms with van der Waals surface area (Å²) in [6, 6.07) is 7.56. The van der Waals surface area contributed by atoms with E-state index < -0.39 is 5.82 Å². The maximum Gasteiger partial charge on any atom is 0.271 e. The third-order valence-electron chi connectivity index (χ3n) is 7.16. The van der Waals surface area contributed by atoms with Crippen molar-refractivity contribution in [2.45, 2.75) is 38.8 Å². The number of amides is 1. The third-order valence-corrected chi connectivity index (χ3v) is 8.45. The second-order valence-electron chi connectivity index (χ2n) is 9.75. The van der Waals surface area contributed by atoms with E-state index in [9.17, 15) is 14.3 Å². The number of nitrogens with one attached hydrogen (secondary N) is 1. The van der Waals surface area contributed by atoms with Crippen LogP contribution in [0, 0.1) is 5.82 Å². The summed E-state index contributed by atoms with van der Waals surface area (Å²) < 4.78 is 26.9. The number of thiazole rings is 1. The Morgan fingerprint density at radius 3 is 2.98 bits per heavy atom. The van der Waals surface area contributed by atoms with Crippen LogP contribution in [0.1, 0.15) is 32.2 Å². The number of aliphatic hydroxyl groups is 1. The highest BCUT2D eigenvalue weighted by Crippen LogP contribution is 2.35. The van der Waals surface area contributed by atoms with Crippen LogP contribution in [0.3, 0.4) is 0 Å². The number of ether oxygens (including phenoxy) is 2. The predicted molar refractivity (Wildman–Crippen MR) is 149 cm³/mol. The van der Waals surface area contributed by atoms with Crippen LogP contribution < -0.4 is 5.32 Å². The van der Waals surface area contributed by atoms with E-state index in [1.807, 2.05) is 16.8 Å². The Bertz CT molecular complexity index is 1550. The Morgan fingerprint density at radius 1 is 1.30 bits per heavy atom. The quantitative estimate of drug-likeness (QED) is 0.308. The van der Waals surface area contributed by atoms with Crippen LogP contribution in [-0.4, -0.2) is 56.8 Å². The van der Waals surface area contributed by atoms with Gasteiger partial charge >= 0.3 is 0 Å². The molecule has 0 radical (unpaired) electrons. The van der Waals surface area contributed by atoms with Crippen LogP contribution in [0.4, 0.5) is 15.3 Å². The van der Waals surface area contributed by atoms with Crippen LogP contribution in [-0.2, 0) is 42.2 Å². The van der Waals surface area contributed by atoms with Gasteiger partial charge in [-0.1, -0.05) is 29.0 Å². The molecule has 0 unspecified atom stereocenters. The summed E-state index contributed by atoms with van der Waals surface area (Å²) in [6.07, 6.45) is 4.27. The molecule has 1 aromatic carbocycles. The van der Waals surface area contributed by atoms with E-state index >= 15 is 0 Å². The molecule has 12 heteroatoms. The van der Waals surface area contributed by atoms with E-state index in [4.69, 9.17) is 21.1 Å². The van der Waals surface area contributed by atoms with Crippen molar-refractivity contribution in [3.63, 3.8) is 0 Å². The molecule has 3 aromatic heterocycles. The molecule has 1 atom stereocenters. The fourth-order valence-corrected chi connectivity index (χ4v) is 6.32. The minimum Gasteiger partial charge on any atom is -0.392 e. The van der Waals surface area contributed by atoms with Gasteiger partial charge in [-0.25, -0.2) is 14.4 Å². The molecule has 4 aromatic rings. The fourth-order valence-electron chi connectivity index (χ4n) is 5.16. The summed E-state index contributed by atoms with van der Waals surface area (Å²) in [4.78, 5) is 25.6. The summed E-state index contributed by atoms with van der Waals surface area (Å²) in [7, 11) is 1.58. The van der Waals surface area contributed by atoms with Gasteiger partial charge in [0.05, 0.1) is 48.1 Å². The number of pyridine rings is 1. The zero-order valence-electron chi connectivity index (χ0n) is 21.7. The number of carbonyl (C=O) groups is 1. The number of hydrogen-bond acceptors (Lipinski definition) is 8. The van der Waals surface area contributed by atoms with Crippen molar-refractivity contribution in [1.82, 2.24) is 19.4 Å². The van der Waals surface area contributed by atoms with Crippen LogP contribution in [0.15, 0.2) is 42.7 Å². The highest BCUT2D eigenvalue weighted by molar-refractivity contribution is 7.15. The van der Waals surface area contributed by atoms with E-state index in [1.54, 1.807) is 35.6 Å². The first kappa shape index (κ1) is 26.9. The zero-order chi connectivity index (χ0) is 27.8. The Kier molecular flexibility index (Phi) is 7.56. The number of aromatic nitrogens is 3. The number of benzene rings is 1. The number of carbonyl (C=O) groups excluding carboxylic acids is 1. The molecule has 0 spiro atoms. The van der Waals surface area contributed by atoms with Crippen LogP contribution >= 0.6 is 22.9 Å². The largest absolute Gasteiger partial charge is 0.392 e. The van der Waals surface area contributed by atoms with Gasteiger partial charge in [0.2, 0.25) is 0 Å². The smallest absolute Gasteiger partial charge is 0.271 e. The Hall–Kier alpha value is -3.35. The maximum absolute atomic E-state index is 14.0. The maximum atomic E-state index is 14.0. The van der Waals surface area contributed by atoms with Crippen molar-refractivity contribution in [2.75, 3.05) is 25.6 Å². The molecule has 0 saturated carbocycles. The summed E-state index contributed by atoms with van der Waals surface area (Å²) in [5, 5.41) is 14.2. The second kappa shape index (κ2) is 11.3. The van der Waals surface area contributed by atoms with Crippen LogP contribution in [0.5, 0.6) is 0 Å². The van der Waals surface area contributed by atoms with Gasteiger partial charge in [0.1, 0.15) is 17.3 Å². The second-order valence-corrected chi connectivity index (χ2v) is 11.2. The van der Waals surface area contributed by atoms with E-state index in [1.165, 1.54) is 18.2 Å². The summed E-state index contributed by atoms with van der Waals surface area (Å²) in [5.41, 5.74) is 4.15. The molecule has 208 valence electrons. The fraction of sp³-hybridized carbons (Fsp3) is 0.321. The Morgan fingerprint density at radius 2 is 2.17 bits per heavy atom. The average molecular weight is 584 g/mol. The lowest BCUT2D eigenvalue weighted by Gasteiger charge is -2.36. The molecular formula is C28H27ClFN5O4S. The van der Waals surface area contributed by atoms with Crippen molar-refractivity contribution in [1.29, 1.82) is 0 Å². The van der Waals surface area contributed by atoms with E-state index in [0.717, 1.165) is 33.3 Å². The molecular weight excluding hydrogens is 557 g/mol. The topological polar surface area (TPSA) is 102 Å². The summed E-state index contributed by atoms with van der Waals surface area (Å²) in [5.74, 6) is -0.0520. The molecule has 5 heterocycles. The highest BCUT2D eigenvalue weighted by Gasteiger charge is 2.34. The molecule has 0 aliphatic carbocycles. The first-order valence-electron chi connectivity index (χ1n) is 12.8. The average Bonchev–Trinajstić information content (AvgIpc) is 3.56. The molecule has 2 aliphatic rings. The van der Waals surface area contributed by atoms with Crippen molar-refractivity contribution in [3.05, 3.63) is 81.0 Å². The van der Waals surface area contributed by atoms with E-state index in [0.29, 0.717) is 54.0 Å². The molecule has 0 fully saturated rings. The number of hydrogen-bond donors (Lipinski definition) is 2. The van der Waals surface area contributed by atoms with Gasteiger partial charge in [-0.3, -0.25) is 4.79 Å². The molecule has 0 bridgehead atoms. The number of methoxy groups -OCH3 is 1. The third kappa shape index (κ3) is 5.23. The van der Waals surface area contributed by atoms with Crippen LogP contribution in [0.25, 0.3) is 11.1 Å². The summed E-state index contributed by atoms with van der Waals surface area (Å²) in [6.45, 7) is 1.93. The van der Waals surface area contributed by atoms with Crippen molar-refractivity contribution < 1.29 is 23.8 Å². The first-order chi connectivity index (χ1) is 19.4. The molecule has 6 rings (SSSR count). The normalized spacial score (nSPS) is 16.6. The van der Waals surface area contributed by atoms with Gasteiger partial charge in [0.25, 0.3) is 5.91 Å². The van der Waals surface area contributed by atoms with Gasteiger partial charge in [0.15, 0.2) is 5.13 Å². The van der Waals surface area contributed by atoms with Crippen LogP contribution in [0.2, 0.25) is 5.02 Å². The van der Waals surface area contributed by atoms with Gasteiger partial charge in [-0.05, 0) is 35.4 Å². The van der Waals surface area contributed by atoms with E-state index in [-0.39, 0.29) is 25.1 Å². The number of anilines is 2. The number of rotatable bonds is 8. The Labute approximate surface area is 239 Å². The molecule has 0 saturated heterocycles. The lowest BCUT2D eigenvalue weighted by Crippen LogP contribution is -2.49.